The Balaban J connectivity index is 2.16. The topological polar surface area (TPSA) is 52.0 Å². The number of nitrogens with two attached hydrogens (primary N) is 1. The van der Waals surface area contributed by atoms with E-state index in [1.54, 1.807) is 17.6 Å². The highest BCUT2D eigenvalue weighted by atomic mass is 32.1. The smallest absolute Gasteiger partial charge is 0.104 e. The van der Waals surface area contributed by atoms with Gasteiger partial charge in [-0.2, -0.15) is 0 Å². The molecule has 16 heavy (non-hydrogen) atoms. The largest absolute Gasteiger partial charge is 0.469 e. The summed E-state index contributed by atoms with van der Waals surface area (Å²) in [5.74, 6) is 1.24. The second-order valence-electron chi connectivity index (χ2n) is 3.91. The van der Waals surface area contributed by atoms with Gasteiger partial charge >= 0.3 is 0 Å². The van der Waals surface area contributed by atoms with E-state index in [-0.39, 0.29) is 5.92 Å². The van der Waals surface area contributed by atoms with Gasteiger partial charge in [0.05, 0.1) is 17.0 Å². The molecular weight excluding hydrogens is 220 g/mol. The second-order valence-corrected chi connectivity index (χ2v) is 5.14. The van der Waals surface area contributed by atoms with Crippen LogP contribution in [-0.4, -0.2) is 11.5 Å². The number of aryl methyl sites for hydroxylation is 2. The van der Waals surface area contributed by atoms with E-state index in [0.717, 1.165) is 22.9 Å². The third-order valence-electron chi connectivity index (χ3n) is 2.71. The Labute approximate surface area is 99.3 Å². The molecule has 2 heterocycles. The number of rotatable bonds is 4. The number of hydrogen-bond donors (Lipinski definition) is 1. The van der Waals surface area contributed by atoms with Gasteiger partial charge in [-0.1, -0.05) is 0 Å². The zero-order valence-corrected chi connectivity index (χ0v) is 10.4. The van der Waals surface area contributed by atoms with Gasteiger partial charge in [-0.15, -0.1) is 11.3 Å². The lowest BCUT2D eigenvalue weighted by Crippen LogP contribution is -2.14. The van der Waals surface area contributed by atoms with Crippen molar-refractivity contribution < 1.29 is 4.42 Å². The number of hydrogen-bond acceptors (Lipinski definition) is 4. The SMILES string of the molecule is Cc1nc(C(CN)Cc2ccco2)sc1C. The van der Waals surface area contributed by atoms with Crippen LogP contribution in [0.1, 0.15) is 27.3 Å². The lowest BCUT2D eigenvalue weighted by Gasteiger charge is -2.09. The van der Waals surface area contributed by atoms with Crippen molar-refractivity contribution in [3.8, 4) is 0 Å². The van der Waals surface area contributed by atoms with Gasteiger partial charge in [0.15, 0.2) is 0 Å². The highest BCUT2D eigenvalue weighted by Gasteiger charge is 2.16. The summed E-state index contributed by atoms with van der Waals surface area (Å²) in [4.78, 5) is 5.83. The lowest BCUT2D eigenvalue weighted by molar-refractivity contribution is 0.486. The van der Waals surface area contributed by atoms with Gasteiger partial charge in [0.1, 0.15) is 5.76 Å². The molecule has 2 aromatic rings. The van der Waals surface area contributed by atoms with Crippen LogP contribution >= 0.6 is 11.3 Å². The quantitative estimate of drug-likeness (QED) is 0.887. The summed E-state index contributed by atoms with van der Waals surface area (Å²) in [7, 11) is 0. The van der Waals surface area contributed by atoms with E-state index in [0.29, 0.717) is 6.54 Å². The molecule has 2 rings (SSSR count). The van der Waals surface area contributed by atoms with Crippen molar-refractivity contribution in [3.63, 3.8) is 0 Å². The molecule has 0 saturated heterocycles. The maximum Gasteiger partial charge on any atom is 0.104 e. The summed E-state index contributed by atoms with van der Waals surface area (Å²) in [6.07, 6.45) is 2.52. The fourth-order valence-corrected chi connectivity index (χ4v) is 2.65. The molecule has 4 heteroatoms. The summed E-state index contributed by atoms with van der Waals surface area (Å²) in [5, 5.41) is 1.12. The van der Waals surface area contributed by atoms with E-state index in [1.807, 2.05) is 19.1 Å². The predicted molar refractivity (Wildman–Crippen MR) is 65.8 cm³/mol. The van der Waals surface area contributed by atoms with Gasteiger partial charge in [-0.25, -0.2) is 4.98 Å². The van der Waals surface area contributed by atoms with Crippen molar-refractivity contribution in [1.29, 1.82) is 0 Å². The molecule has 1 unspecified atom stereocenters. The zero-order valence-electron chi connectivity index (χ0n) is 9.56. The van der Waals surface area contributed by atoms with Gasteiger partial charge in [0.2, 0.25) is 0 Å². The van der Waals surface area contributed by atoms with Crippen LogP contribution < -0.4 is 5.73 Å². The van der Waals surface area contributed by atoms with Gasteiger partial charge in [-0.05, 0) is 26.0 Å². The van der Waals surface area contributed by atoms with Crippen molar-refractivity contribution >= 4 is 11.3 Å². The molecule has 86 valence electrons. The standard InChI is InChI=1S/C12H16N2OS/c1-8-9(2)16-12(14-8)10(7-13)6-11-4-3-5-15-11/h3-5,10H,6-7,13H2,1-2H3. The minimum atomic E-state index is 0.267. The van der Waals surface area contributed by atoms with Gasteiger partial charge in [0, 0.05) is 23.8 Å². The molecule has 0 radical (unpaired) electrons. The number of nitrogens with zero attached hydrogens (tertiary/aromatic N) is 1. The van der Waals surface area contributed by atoms with Crippen LogP contribution in [0, 0.1) is 13.8 Å². The van der Waals surface area contributed by atoms with Gasteiger partial charge < -0.3 is 10.2 Å². The van der Waals surface area contributed by atoms with Gasteiger partial charge in [0.25, 0.3) is 0 Å². The summed E-state index contributed by atoms with van der Waals surface area (Å²) in [6, 6.07) is 3.89. The molecule has 0 amide bonds. The predicted octanol–water partition coefficient (Wildman–Crippen LogP) is 2.64. The summed E-state index contributed by atoms with van der Waals surface area (Å²) < 4.78 is 5.35. The fourth-order valence-electron chi connectivity index (χ4n) is 1.62. The zero-order chi connectivity index (χ0) is 11.5. The molecule has 2 N–H and O–H groups in total. The molecule has 0 aliphatic rings. The van der Waals surface area contributed by atoms with Crippen LogP contribution in [-0.2, 0) is 6.42 Å². The Morgan fingerprint density at radius 1 is 1.50 bits per heavy atom. The number of thiazole rings is 1. The number of furan rings is 1. The molecule has 1 atom stereocenters. The molecule has 3 nitrogen and oxygen atoms in total. The first-order chi connectivity index (χ1) is 7.70. The molecule has 0 fully saturated rings. The average Bonchev–Trinajstić information content (AvgIpc) is 2.86. The monoisotopic (exact) mass is 236 g/mol. The lowest BCUT2D eigenvalue weighted by atomic mass is 10.1. The minimum Gasteiger partial charge on any atom is -0.469 e. The van der Waals surface area contributed by atoms with Crippen molar-refractivity contribution in [2.24, 2.45) is 5.73 Å². The Kier molecular flexibility index (Phi) is 3.41. The molecule has 2 aromatic heterocycles. The molecule has 0 aromatic carbocycles. The van der Waals surface area contributed by atoms with Crippen LogP contribution in [0.25, 0.3) is 0 Å². The normalized spacial score (nSPS) is 12.9. The average molecular weight is 236 g/mol. The summed E-state index contributed by atoms with van der Waals surface area (Å²) in [6.45, 7) is 4.74. The maximum absolute atomic E-state index is 5.81. The first-order valence-electron chi connectivity index (χ1n) is 5.37. The van der Waals surface area contributed by atoms with Crippen molar-refractivity contribution in [1.82, 2.24) is 4.98 Å². The fraction of sp³-hybridized carbons (Fsp3) is 0.417. The molecule has 0 saturated carbocycles. The van der Waals surface area contributed by atoms with Crippen LogP contribution in [0.4, 0.5) is 0 Å². The summed E-state index contributed by atoms with van der Waals surface area (Å²) in [5.41, 5.74) is 6.91. The van der Waals surface area contributed by atoms with E-state index < -0.39 is 0 Å². The summed E-state index contributed by atoms with van der Waals surface area (Å²) >= 11 is 1.74. The van der Waals surface area contributed by atoms with Crippen LogP contribution in [0.5, 0.6) is 0 Å². The van der Waals surface area contributed by atoms with Crippen LogP contribution in [0.2, 0.25) is 0 Å². The highest BCUT2D eigenvalue weighted by Crippen LogP contribution is 2.26. The second kappa shape index (κ2) is 4.80. The Hall–Kier alpha value is -1.13. The van der Waals surface area contributed by atoms with Crippen molar-refractivity contribution in [2.45, 2.75) is 26.2 Å². The molecule has 0 spiro atoms. The molecule has 0 bridgehead atoms. The third kappa shape index (κ3) is 2.33. The van der Waals surface area contributed by atoms with Gasteiger partial charge in [-0.3, -0.25) is 0 Å². The Bertz CT molecular complexity index is 428. The Morgan fingerprint density at radius 2 is 2.31 bits per heavy atom. The molecule has 0 aliphatic heterocycles. The van der Waals surface area contributed by atoms with E-state index in [2.05, 4.69) is 11.9 Å². The first kappa shape index (κ1) is 11.4. The van der Waals surface area contributed by atoms with E-state index in [9.17, 15) is 0 Å². The maximum atomic E-state index is 5.81. The molecule has 0 aliphatic carbocycles. The van der Waals surface area contributed by atoms with E-state index in [4.69, 9.17) is 10.2 Å². The highest BCUT2D eigenvalue weighted by molar-refractivity contribution is 7.11. The van der Waals surface area contributed by atoms with Crippen LogP contribution in [0.15, 0.2) is 22.8 Å². The van der Waals surface area contributed by atoms with Crippen LogP contribution in [0.3, 0.4) is 0 Å². The third-order valence-corrected chi connectivity index (χ3v) is 3.94. The Morgan fingerprint density at radius 3 is 2.81 bits per heavy atom. The van der Waals surface area contributed by atoms with E-state index in [1.165, 1.54) is 4.88 Å². The number of aromatic nitrogens is 1. The van der Waals surface area contributed by atoms with E-state index >= 15 is 0 Å². The van der Waals surface area contributed by atoms with Crippen molar-refractivity contribution in [3.05, 3.63) is 39.7 Å². The van der Waals surface area contributed by atoms with Crippen molar-refractivity contribution in [2.75, 3.05) is 6.54 Å². The molecular formula is C12H16N2OS. The first-order valence-corrected chi connectivity index (χ1v) is 6.18. The minimum absolute atomic E-state index is 0.267.